The number of hydrogen-bond acceptors (Lipinski definition) is 0. The first-order chi connectivity index (χ1) is 7.18. The van der Waals surface area contributed by atoms with Gasteiger partial charge in [-0.25, -0.2) is 0 Å². The lowest BCUT2D eigenvalue weighted by molar-refractivity contribution is 0.871. The Hall–Kier alpha value is -1.02. The molecule has 1 aromatic heterocycles. The average molecular weight is 264 g/mol. The van der Waals surface area contributed by atoms with Crippen LogP contribution in [0.2, 0.25) is 0 Å². The Morgan fingerprint density at radius 3 is 2.40 bits per heavy atom. The van der Waals surface area contributed by atoms with Gasteiger partial charge in [0.05, 0.1) is 4.60 Å². The van der Waals surface area contributed by atoms with Crippen molar-refractivity contribution < 1.29 is 0 Å². The Morgan fingerprint density at radius 2 is 1.80 bits per heavy atom. The number of hydrogen-bond donors (Lipinski definition) is 1. The lowest BCUT2D eigenvalue weighted by Gasteiger charge is -2.06. The molecule has 0 aliphatic rings. The van der Waals surface area contributed by atoms with Crippen LogP contribution >= 0.6 is 15.9 Å². The van der Waals surface area contributed by atoms with E-state index in [1.807, 2.05) is 6.07 Å². The van der Waals surface area contributed by atoms with Crippen LogP contribution in [0.4, 0.5) is 0 Å². The third-order valence-electron chi connectivity index (χ3n) is 2.50. The molecule has 1 N–H and O–H groups in total. The van der Waals surface area contributed by atoms with Crippen molar-refractivity contribution in [2.45, 2.75) is 19.8 Å². The van der Waals surface area contributed by atoms with E-state index in [1.165, 1.54) is 16.8 Å². The van der Waals surface area contributed by atoms with Gasteiger partial charge in [0.2, 0.25) is 0 Å². The maximum absolute atomic E-state index is 3.49. The molecule has 0 aliphatic carbocycles. The summed E-state index contributed by atoms with van der Waals surface area (Å²) in [6.07, 6.45) is 0. The van der Waals surface area contributed by atoms with Crippen LogP contribution in [0.1, 0.15) is 25.3 Å². The summed E-state index contributed by atoms with van der Waals surface area (Å²) < 4.78 is 1.05. The van der Waals surface area contributed by atoms with Crippen LogP contribution in [0, 0.1) is 0 Å². The number of aromatic amines is 1. The van der Waals surface area contributed by atoms with E-state index in [9.17, 15) is 0 Å². The molecular weight excluding hydrogens is 250 g/mol. The fourth-order valence-corrected chi connectivity index (χ4v) is 2.18. The molecule has 0 atom stereocenters. The third-order valence-corrected chi connectivity index (χ3v) is 2.93. The zero-order valence-electron chi connectivity index (χ0n) is 8.92. The largest absolute Gasteiger partial charge is 0.349 e. The second-order valence-electron chi connectivity index (χ2n) is 3.97. The number of halogens is 1. The van der Waals surface area contributed by atoms with E-state index in [2.05, 4.69) is 65.1 Å². The minimum absolute atomic E-state index is 0.530. The lowest BCUT2D eigenvalue weighted by atomic mass is 10.00. The monoisotopic (exact) mass is 263 g/mol. The van der Waals surface area contributed by atoms with Crippen molar-refractivity contribution >= 4 is 15.9 Å². The zero-order valence-corrected chi connectivity index (χ0v) is 10.5. The summed E-state index contributed by atoms with van der Waals surface area (Å²) in [7, 11) is 0. The Bertz CT molecular complexity index is 443. The zero-order chi connectivity index (χ0) is 10.8. The predicted molar refractivity (Wildman–Crippen MR) is 68.0 cm³/mol. The van der Waals surface area contributed by atoms with Crippen LogP contribution in [-0.4, -0.2) is 4.98 Å². The van der Waals surface area contributed by atoms with E-state index in [0.29, 0.717) is 5.92 Å². The Kier molecular flexibility index (Phi) is 2.96. The highest BCUT2D eigenvalue weighted by Crippen LogP contribution is 2.31. The molecule has 2 heteroatoms. The molecule has 78 valence electrons. The number of benzene rings is 1. The maximum atomic E-state index is 3.49. The molecule has 1 aromatic carbocycles. The summed E-state index contributed by atoms with van der Waals surface area (Å²) in [5.74, 6) is 0.530. The molecule has 0 radical (unpaired) electrons. The topological polar surface area (TPSA) is 15.8 Å². The van der Waals surface area contributed by atoms with Crippen LogP contribution in [-0.2, 0) is 0 Å². The summed E-state index contributed by atoms with van der Waals surface area (Å²) in [6, 6.07) is 12.6. The van der Waals surface area contributed by atoms with Crippen LogP contribution in [0.25, 0.3) is 11.3 Å². The van der Waals surface area contributed by atoms with Crippen molar-refractivity contribution in [1.29, 1.82) is 0 Å². The smallest absolute Gasteiger partial charge is 0.0827 e. The first kappa shape index (κ1) is 10.5. The molecule has 2 aromatic rings. The van der Waals surface area contributed by atoms with Crippen LogP contribution in [0.3, 0.4) is 0 Å². The second kappa shape index (κ2) is 4.23. The Morgan fingerprint density at radius 1 is 1.13 bits per heavy atom. The molecule has 0 fully saturated rings. The summed E-state index contributed by atoms with van der Waals surface area (Å²) >= 11 is 3.49. The Labute approximate surface area is 98.7 Å². The van der Waals surface area contributed by atoms with Crippen molar-refractivity contribution in [1.82, 2.24) is 4.98 Å². The van der Waals surface area contributed by atoms with Gasteiger partial charge in [0.15, 0.2) is 0 Å². The van der Waals surface area contributed by atoms with Gasteiger partial charge >= 0.3 is 0 Å². The number of rotatable bonds is 2. The van der Waals surface area contributed by atoms with Gasteiger partial charge in [-0.3, -0.25) is 0 Å². The van der Waals surface area contributed by atoms with Crippen molar-refractivity contribution in [2.75, 3.05) is 0 Å². The van der Waals surface area contributed by atoms with Gasteiger partial charge in [0.25, 0.3) is 0 Å². The quantitative estimate of drug-likeness (QED) is 0.817. The molecule has 0 amide bonds. The lowest BCUT2D eigenvalue weighted by Crippen LogP contribution is -1.88. The SMILES string of the molecule is CC(C)c1cc(Br)[nH]c1-c1ccccc1. The summed E-state index contributed by atoms with van der Waals surface area (Å²) in [5.41, 5.74) is 3.82. The summed E-state index contributed by atoms with van der Waals surface area (Å²) in [4.78, 5) is 3.36. The normalized spacial score (nSPS) is 10.9. The molecule has 2 rings (SSSR count). The van der Waals surface area contributed by atoms with Crippen molar-refractivity contribution in [2.24, 2.45) is 0 Å². The van der Waals surface area contributed by atoms with Crippen LogP contribution in [0.15, 0.2) is 41.0 Å². The first-order valence-corrected chi connectivity index (χ1v) is 5.91. The standard InChI is InChI=1S/C13H14BrN/c1-9(2)11-8-12(14)15-13(11)10-6-4-3-5-7-10/h3-9,15H,1-2H3. The van der Waals surface area contributed by atoms with Crippen molar-refractivity contribution in [3.8, 4) is 11.3 Å². The fraction of sp³-hybridized carbons (Fsp3) is 0.231. The highest BCUT2D eigenvalue weighted by Gasteiger charge is 2.11. The van der Waals surface area contributed by atoms with E-state index >= 15 is 0 Å². The fourth-order valence-electron chi connectivity index (χ4n) is 1.74. The van der Waals surface area contributed by atoms with Gasteiger partial charge in [-0.2, -0.15) is 0 Å². The maximum Gasteiger partial charge on any atom is 0.0827 e. The highest BCUT2D eigenvalue weighted by atomic mass is 79.9. The average Bonchev–Trinajstić information content (AvgIpc) is 2.62. The van der Waals surface area contributed by atoms with Crippen molar-refractivity contribution in [3.63, 3.8) is 0 Å². The van der Waals surface area contributed by atoms with Crippen LogP contribution < -0.4 is 0 Å². The highest BCUT2D eigenvalue weighted by molar-refractivity contribution is 9.10. The Balaban J connectivity index is 2.53. The van der Waals surface area contributed by atoms with Crippen LogP contribution in [0.5, 0.6) is 0 Å². The molecule has 0 aliphatic heterocycles. The summed E-state index contributed by atoms with van der Waals surface area (Å²) in [5, 5.41) is 0. The third kappa shape index (κ3) is 2.15. The number of H-pyrrole nitrogens is 1. The molecule has 0 saturated heterocycles. The molecular formula is C13H14BrN. The van der Waals surface area contributed by atoms with E-state index in [-0.39, 0.29) is 0 Å². The molecule has 0 saturated carbocycles. The minimum atomic E-state index is 0.530. The number of nitrogens with one attached hydrogen (secondary N) is 1. The molecule has 1 nitrogen and oxygen atoms in total. The summed E-state index contributed by atoms with van der Waals surface area (Å²) in [6.45, 7) is 4.42. The molecule has 15 heavy (non-hydrogen) atoms. The van der Waals surface area contributed by atoms with Gasteiger partial charge < -0.3 is 4.98 Å². The van der Waals surface area contributed by atoms with Gasteiger partial charge in [0.1, 0.15) is 0 Å². The minimum Gasteiger partial charge on any atom is -0.349 e. The molecule has 0 bridgehead atoms. The van der Waals surface area contributed by atoms with E-state index in [4.69, 9.17) is 0 Å². The number of aromatic nitrogens is 1. The van der Waals surface area contributed by atoms with Gasteiger partial charge in [-0.1, -0.05) is 44.2 Å². The molecule has 0 spiro atoms. The van der Waals surface area contributed by atoms with E-state index < -0.39 is 0 Å². The second-order valence-corrected chi connectivity index (χ2v) is 4.82. The first-order valence-electron chi connectivity index (χ1n) is 5.12. The van der Waals surface area contributed by atoms with Gasteiger partial charge in [-0.05, 0) is 39.0 Å². The van der Waals surface area contributed by atoms with E-state index in [0.717, 1.165) is 4.60 Å². The molecule has 0 unspecified atom stereocenters. The van der Waals surface area contributed by atoms with Crippen molar-refractivity contribution in [3.05, 3.63) is 46.6 Å². The van der Waals surface area contributed by atoms with Gasteiger partial charge in [0, 0.05) is 5.69 Å². The van der Waals surface area contributed by atoms with E-state index in [1.54, 1.807) is 0 Å². The predicted octanol–water partition coefficient (Wildman–Crippen LogP) is 4.57. The van der Waals surface area contributed by atoms with Gasteiger partial charge in [-0.15, -0.1) is 0 Å². The molecule has 1 heterocycles.